The van der Waals surface area contributed by atoms with Crippen LogP contribution in [-0.4, -0.2) is 64.5 Å². The Bertz CT molecular complexity index is 762. The normalized spacial score (nSPS) is 23.2. The molecule has 0 aromatic carbocycles. The Morgan fingerprint density at radius 1 is 1.28 bits per heavy atom. The summed E-state index contributed by atoms with van der Waals surface area (Å²) in [6, 6.07) is 1.01. The molecule has 2 saturated heterocycles. The Balaban J connectivity index is 1.72. The van der Waals surface area contributed by atoms with Crippen LogP contribution in [0.3, 0.4) is 0 Å². The molecular weight excluding hydrogens is 322 g/mol. The Morgan fingerprint density at radius 3 is 2.44 bits per heavy atom. The lowest BCUT2D eigenvalue weighted by molar-refractivity contribution is -0.141. The molecule has 2 N–H and O–H groups in total. The fourth-order valence-electron chi connectivity index (χ4n) is 4.36. The lowest BCUT2D eigenvalue weighted by Gasteiger charge is -2.39. The topological polar surface area (TPSA) is 93.7 Å². The maximum absolute atomic E-state index is 12.8. The smallest absolute Gasteiger partial charge is 0.320 e. The third-order valence-electron chi connectivity index (χ3n) is 5.71. The summed E-state index contributed by atoms with van der Waals surface area (Å²) in [5.74, 6) is -1.01. The number of likely N-dealkylation sites (N-methyl/N-ethyl adjacent to an activating group) is 1. The van der Waals surface area contributed by atoms with Crippen LogP contribution in [0.2, 0.25) is 0 Å². The van der Waals surface area contributed by atoms with Crippen LogP contribution < -0.4 is 5.43 Å². The minimum atomic E-state index is -0.778. The summed E-state index contributed by atoms with van der Waals surface area (Å²) >= 11 is 0. The lowest BCUT2D eigenvalue weighted by Crippen LogP contribution is -2.45. The number of aromatic nitrogens is 1. The fraction of sp³-hybridized carbons (Fsp3) is 0.611. The van der Waals surface area contributed by atoms with Crippen LogP contribution in [0.5, 0.6) is 0 Å². The molecule has 3 heterocycles. The number of carbonyl (C=O) groups is 2. The number of aromatic amines is 1. The van der Waals surface area contributed by atoms with Crippen molar-refractivity contribution in [2.75, 3.05) is 26.7 Å². The van der Waals surface area contributed by atoms with Gasteiger partial charge < -0.3 is 15.0 Å². The lowest BCUT2D eigenvalue weighted by atomic mass is 9.76. The zero-order valence-corrected chi connectivity index (χ0v) is 15.0. The highest BCUT2D eigenvalue weighted by atomic mass is 16.4. The monoisotopic (exact) mass is 347 g/mol. The molecule has 2 aliphatic heterocycles. The fourth-order valence-corrected chi connectivity index (χ4v) is 4.36. The van der Waals surface area contributed by atoms with E-state index in [0.29, 0.717) is 25.2 Å². The van der Waals surface area contributed by atoms with Crippen molar-refractivity contribution in [3.63, 3.8) is 0 Å². The van der Waals surface area contributed by atoms with Crippen LogP contribution in [0.1, 0.15) is 41.0 Å². The maximum atomic E-state index is 12.8. The quantitative estimate of drug-likeness (QED) is 0.832. The summed E-state index contributed by atoms with van der Waals surface area (Å²) in [5.41, 5.74) is 1.27. The van der Waals surface area contributed by atoms with Gasteiger partial charge in [0.15, 0.2) is 5.43 Å². The van der Waals surface area contributed by atoms with Gasteiger partial charge in [0.2, 0.25) is 0 Å². The molecule has 3 rings (SSSR count). The van der Waals surface area contributed by atoms with E-state index in [1.54, 1.807) is 18.7 Å². The van der Waals surface area contributed by atoms with Crippen molar-refractivity contribution in [3.8, 4) is 0 Å². The molecule has 7 heteroatoms. The predicted octanol–water partition coefficient (Wildman–Crippen LogP) is 1.00. The van der Waals surface area contributed by atoms with E-state index in [2.05, 4.69) is 4.98 Å². The van der Waals surface area contributed by atoms with Gasteiger partial charge >= 0.3 is 5.97 Å². The van der Waals surface area contributed by atoms with Gasteiger partial charge in [-0.15, -0.1) is 0 Å². The highest BCUT2D eigenvalue weighted by Crippen LogP contribution is 2.43. The molecule has 1 amide bonds. The highest BCUT2D eigenvalue weighted by molar-refractivity contribution is 5.95. The van der Waals surface area contributed by atoms with E-state index < -0.39 is 12.0 Å². The molecule has 2 aliphatic rings. The molecule has 1 aromatic rings. The minimum Gasteiger partial charge on any atom is -0.480 e. The van der Waals surface area contributed by atoms with Crippen molar-refractivity contribution < 1.29 is 14.7 Å². The SMILES string of the molecule is Cc1cc(=O)c(C(=O)N2CCC3(CC2)C[C@H](C(=O)O)N(C)C3)c(C)[nH]1. The molecule has 0 saturated carbocycles. The van der Waals surface area contributed by atoms with Gasteiger partial charge in [0.1, 0.15) is 11.6 Å². The second kappa shape index (κ2) is 6.29. The number of piperidine rings is 1. The van der Waals surface area contributed by atoms with Crippen LogP contribution in [-0.2, 0) is 4.79 Å². The molecule has 0 aliphatic carbocycles. The molecule has 1 aromatic heterocycles. The molecule has 7 nitrogen and oxygen atoms in total. The van der Waals surface area contributed by atoms with Crippen LogP contribution in [0, 0.1) is 19.3 Å². The van der Waals surface area contributed by atoms with E-state index >= 15 is 0 Å². The second-order valence-corrected chi connectivity index (χ2v) is 7.58. The summed E-state index contributed by atoms with van der Waals surface area (Å²) in [6.07, 6.45) is 2.18. The first-order chi connectivity index (χ1) is 11.7. The minimum absolute atomic E-state index is 0.0384. The van der Waals surface area contributed by atoms with Gasteiger partial charge in [0, 0.05) is 37.1 Å². The molecule has 1 atom stereocenters. The summed E-state index contributed by atoms with van der Waals surface area (Å²) < 4.78 is 0. The summed E-state index contributed by atoms with van der Waals surface area (Å²) in [7, 11) is 1.85. The number of nitrogens with zero attached hydrogens (tertiary/aromatic N) is 2. The summed E-state index contributed by atoms with van der Waals surface area (Å²) in [6.45, 7) is 5.41. The van der Waals surface area contributed by atoms with Gasteiger partial charge in [-0.25, -0.2) is 0 Å². The van der Waals surface area contributed by atoms with Gasteiger partial charge in [-0.1, -0.05) is 0 Å². The van der Waals surface area contributed by atoms with Crippen LogP contribution >= 0.6 is 0 Å². The van der Waals surface area contributed by atoms with Gasteiger partial charge in [-0.2, -0.15) is 0 Å². The van der Waals surface area contributed by atoms with Crippen molar-refractivity contribution in [1.29, 1.82) is 0 Å². The number of carboxylic acids is 1. The Morgan fingerprint density at radius 2 is 1.92 bits per heavy atom. The Labute approximate surface area is 146 Å². The van der Waals surface area contributed by atoms with E-state index in [4.69, 9.17) is 0 Å². The number of likely N-dealkylation sites (tertiary alicyclic amines) is 2. The molecule has 136 valence electrons. The van der Waals surface area contributed by atoms with Gasteiger partial charge in [0.05, 0.1) is 0 Å². The van der Waals surface area contributed by atoms with Gasteiger partial charge in [-0.3, -0.25) is 19.3 Å². The molecule has 0 radical (unpaired) electrons. The van der Waals surface area contributed by atoms with Gasteiger partial charge in [0.25, 0.3) is 5.91 Å². The molecule has 25 heavy (non-hydrogen) atoms. The van der Waals surface area contributed by atoms with Crippen LogP contribution in [0.15, 0.2) is 10.9 Å². The van der Waals surface area contributed by atoms with E-state index in [1.165, 1.54) is 6.07 Å². The van der Waals surface area contributed by atoms with Crippen LogP contribution in [0.25, 0.3) is 0 Å². The van der Waals surface area contributed by atoms with E-state index in [9.17, 15) is 19.5 Å². The van der Waals surface area contributed by atoms with Crippen molar-refractivity contribution in [1.82, 2.24) is 14.8 Å². The van der Waals surface area contributed by atoms with Crippen LogP contribution in [0.4, 0.5) is 0 Å². The number of hydrogen-bond acceptors (Lipinski definition) is 4. The Hall–Kier alpha value is -2.15. The number of H-pyrrole nitrogens is 1. The third kappa shape index (κ3) is 3.20. The van der Waals surface area contributed by atoms with E-state index in [1.807, 2.05) is 11.9 Å². The highest BCUT2D eigenvalue weighted by Gasteiger charge is 2.47. The first-order valence-electron chi connectivity index (χ1n) is 8.65. The number of hydrogen-bond donors (Lipinski definition) is 2. The van der Waals surface area contributed by atoms with Crippen molar-refractivity contribution >= 4 is 11.9 Å². The molecule has 0 bridgehead atoms. The number of aryl methyl sites for hydroxylation is 2. The van der Waals surface area contributed by atoms with Gasteiger partial charge in [-0.05, 0) is 45.6 Å². The average Bonchev–Trinajstić information content (AvgIpc) is 2.83. The number of pyridine rings is 1. The molecule has 2 fully saturated rings. The van der Waals surface area contributed by atoms with E-state index in [-0.39, 0.29) is 22.3 Å². The van der Waals surface area contributed by atoms with E-state index in [0.717, 1.165) is 25.1 Å². The third-order valence-corrected chi connectivity index (χ3v) is 5.71. The predicted molar refractivity (Wildman–Crippen MR) is 92.8 cm³/mol. The number of carbonyl (C=O) groups excluding carboxylic acids is 1. The molecule has 1 spiro atoms. The Kier molecular flexibility index (Phi) is 4.45. The number of aliphatic carboxylic acids is 1. The number of amides is 1. The van der Waals surface area contributed by atoms with Crippen molar-refractivity contribution in [2.45, 2.75) is 39.2 Å². The van der Waals surface area contributed by atoms with Crippen molar-refractivity contribution in [2.24, 2.45) is 5.41 Å². The first-order valence-corrected chi connectivity index (χ1v) is 8.65. The summed E-state index contributed by atoms with van der Waals surface area (Å²) in [4.78, 5) is 43.0. The number of carboxylic acid groups (broad SMARTS) is 1. The number of rotatable bonds is 2. The molecule has 0 unspecified atom stereocenters. The second-order valence-electron chi connectivity index (χ2n) is 7.58. The largest absolute Gasteiger partial charge is 0.480 e. The molecular formula is C18H25N3O4. The zero-order chi connectivity index (χ0) is 18.4. The standard InChI is InChI=1S/C18H25N3O4/c1-11-8-14(22)15(12(2)19-11)16(23)21-6-4-18(5-7-21)9-13(17(24)25)20(3)10-18/h8,13H,4-7,9-10H2,1-3H3,(H,19,22)(H,24,25)/t13-/m1/s1. The average molecular weight is 347 g/mol. The summed E-state index contributed by atoms with van der Waals surface area (Å²) in [5, 5.41) is 9.33. The van der Waals surface area contributed by atoms with Crippen molar-refractivity contribution in [3.05, 3.63) is 33.2 Å². The number of nitrogens with one attached hydrogen (secondary N) is 1. The first kappa shape index (κ1) is 17.7. The maximum Gasteiger partial charge on any atom is 0.320 e. The zero-order valence-electron chi connectivity index (χ0n) is 15.0.